The summed E-state index contributed by atoms with van der Waals surface area (Å²) in [4.78, 5) is 23.2. The van der Waals surface area contributed by atoms with Gasteiger partial charge in [0.25, 0.3) is 0 Å². The van der Waals surface area contributed by atoms with Gasteiger partial charge in [-0.05, 0) is 18.4 Å². The molecule has 0 unspecified atom stereocenters. The molecule has 1 aromatic heterocycles. The van der Waals surface area contributed by atoms with Crippen molar-refractivity contribution >= 4 is 23.4 Å². The maximum Gasteiger partial charge on any atom is 0.160 e. The smallest absolute Gasteiger partial charge is 0.160 e. The lowest BCUT2D eigenvalue weighted by molar-refractivity contribution is 0.101. The number of carbonyl (C=O) groups excluding carboxylic acids is 2. The van der Waals surface area contributed by atoms with E-state index in [4.69, 9.17) is 0 Å². The summed E-state index contributed by atoms with van der Waals surface area (Å²) in [7, 11) is 0. The van der Waals surface area contributed by atoms with E-state index in [9.17, 15) is 9.59 Å². The average molecular weight is 230 g/mol. The van der Waals surface area contributed by atoms with Crippen LogP contribution in [0.15, 0.2) is 35.7 Å². The van der Waals surface area contributed by atoms with Gasteiger partial charge in [0.05, 0.1) is 0 Å². The third-order valence-corrected chi connectivity index (χ3v) is 3.34. The zero-order chi connectivity index (χ0) is 11.5. The molecule has 0 aliphatic carbocycles. The van der Waals surface area contributed by atoms with Crippen LogP contribution in [0, 0.1) is 0 Å². The van der Waals surface area contributed by atoms with E-state index in [1.165, 1.54) is 18.3 Å². The quantitative estimate of drug-likeness (QED) is 0.598. The van der Waals surface area contributed by atoms with E-state index in [1.807, 2.05) is 23.6 Å². The molecule has 0 atom stereocenters. The Kier molecular flexibility index (Phi) is 2.97. The highest BCUT2D eigenvalue weighted by molar-refractivity contribution is 7.14. The van der Waals surface area contributed by atoms with Crippen molar-refractivity contribution in [2.75, 3.05) is 0 Å². The van der Waals surface area contributed by atoms with E-state index in [2.05, 4.69) is 0 Å². The van der Waals surface area contributed by atoms with Gasteiger partial charge in [0.2, 0.25) is 0 Å². The first-order valence-electron chi connectivity index (χ1n) is 4.87. The summed E-state index contributed by atoms with van der Waals surface area (Å²) in [6.07, 6.45) is 0.822. The van der Waals surface area contributed by atoms with Gasteiger partial charge in [0.15, 0.2) is 12.1 Å². The largest absolute Gasteiger partial charge is 0.298 e. The number of thiophene rings is 1. The zero-order valence-electron chi connectivity index (χ0n) is 8.77. The fraction of sp³-hybridized carbons (Fsp3) is 0.0769. The summed E-state index contributed by atoms with van der Waals surface area (Å²) in [5, 5.41) is 1.86. The molecule has 1 heterocycles. The Balaban J connectivity index is 2.64. The molecule has 0 saturated heterocycles. The molecule has 2 nitrogen and oxygen atoms in total. The van der Waals surface area contributed by atoms with Crippen LogP contribution in [0.3, 0.4) is 0 Å². The molecule has 16 heavy (non-hydrogen) atoms. The third kappa shape index (κ3) is 1.82. The van der Waals surface area contributed by atoms with Crippen LogP contribution >= 0.6 is 11.3 Å². The molecule has 0 radical (unpaired) electrons. The van der Waals surface area contributed by atoms with Crippen LogP contribution in [0.1, 0.15) is 27.6 Å². The Morgan fingerprint density at radius 2 is 2.00 bits per heavy atom. The van der Waals surface area contributed by atoms with Gasteiger partial charge < -0.3 is 0 Å². The van der Waals surface area contributed by atoms with Crippen molar-refractivity contribution in [1.82, 2.24) is 0 Å². The van der Waals surface area contributed by atoms with Crippen molar-refractivity contribution in [2.24, 2.45) is 0 Å². The number of aldehydes is 1. The predicted octanol–water partition coefficient (Wildman–Crippen LogP) is 3.43. The summed E-state index contributed by atoms with van der Waals surface area (Å²) in [6.45, 7) is 1.53. The zero-order valence-corrected chi connectivity index (χ0v) is 9.58. The number of rotatable bonds is 3. The minimum absolute atomic E-state index is 0.0147. The molecule has 0 amide bonds. The van der Waals surface area contributed by atoms with Gasteiger partial charge in [-0.15, -0.1) is 11.3 Å². The molecule has 0 aliphatic heterocycles. The number of Topliss-reactive ketones (excluding diaryl/α,β-unsaturated/α-hetero) is 1. The molecular formula is C13H10O2S. The molecule has 0 bridgehead atoms. The lowest BCUT2D eigenvalue weighted by Gasteiger charge is -2.04. The number of hydrogen-bond donors (Lipinski definition) is 0. The summed E-state index contributed by atoms with van der Waals surface area (Å²) in [5.74, 6) is 0.0147. The first-order valence-corrected chi connectivity index (χ1v) is 5.75. The molecule has 1 aromatic carbocycles. The number of hydrogen-bond acceptors (Lipinski definition) is 3. The topological polar surface area (TPSA) is 34.1 Å². The highest BCUT2D eigenvalue weighted by Crippen LogP contribution is 2.31. The molecule has 3 heteroatoms. The van der Waals surface area contributed by atoms with Gasteiger partial charge in [-0.25, -0.2) is 0 Å². The van der Waals surface area contributed by atoms with Gasteiger partial charge in [0.1, 0.15) is 0 Å². The Bertz CT molecular complexity index is 540. The number of carbonyl (C=O) groups is 2. The highest BCUT2D eigenvalue weighted by atomic mass is 32.1. The van der Waals surface area contributed by atoms with Gasteiger partial charge in [-0.2, -0.15) is 0 Å². The maximum atomic E-state index is 11.5. The number of ketones is 1. The van der Waals surface area contributed by atoms with Crippen molar-refractivity contribution in [3.05, 3.63) is 46.8 Å². The van der Waals surface area contributed by atoms with Crippen molar-refractivity contribution in [2.45, 2.75) is 6.92 Å². The third-order valence-electron chi connectivity index (χ3n) is 2.37. The first kappa shape index (κ1) is 10.8. The molecule has 80 valence electrons. The van der Waals surface area contributed by atoms with Gasteiger partial charge in [-0.3, -0.25) is 9.59 Å². The summed E-state index contributed by atoms with van der Waals surface area (Å²) >= 11 is 1.48. The van der Waals surface area contributed by atoms with Crippen molar-refractivity contribution in [3.63, 3.8) is 0 Å². The van der Waals surface area contributed by atoms with E-state index in [1.54, 1.807) is 12.1 Å². The molecule has 0 spiro atoms. The van der Waals surface area contributed by atoms with Crippen LogP contribution < -0.4 is 0 Å². The SMILES string of the molecule is CC(=O)c1ccccc1-c1sccc1C=O. The lowest BCUT2D eigenvalue weighted by Crippen LogP contribution is -1.95. The molecule has 0 saturated carbocycles. The Morgan fingerprint density at radius 3 is 2.69 bits per heavy atom. The van der Waals surface area contributed by atoms with Crippen LogP contribution in [0.5, 0.6) is 0 Å². The van der Waals surface area contributed by atoms with Gasteiger partial charge >= 0.3 is 0 Å². The van der Waals surface area contributed by atoms with Crippen molar-refractivity contribution < 1.29 is 9.59 Å². The minimum Gasteiger partial charge on any atom is -0.298 e. The maximum absolute atomic E-state index is 11.5. The first-order chi connectivity index (χ1) is 7.74. The molecular weight excluding hydrogens is 220 g/mol. The van der Waals surface area contributed by atoms with Crippen molar-refractivity contribution in [3.8, 4) is 10.4 Å². The standard InChI is InChI=1S/C13H10O2S/c1-9(15)11-4-2-3-5-12(11)13-10(8-14)6-7-16-13/h2-8H,1H3. The van der Waals surface area contributed by atoms with E-state index in [0.717, 1.165) is 16.7 Å². The summed E-state index contributed by atoms with van der Waals surface area (Å²) < 4.78 is 0. The molecule has 0 fully saturated rings. The van der Waals surface area contributed by atoms with E-state index < -0.39 is 0 Å². The second kappa shape index (κ2) is 4.41. The summed E-state index contributed by atoms with van der Waals surface area (Å²) in [6, 6.07) is 9.12. The highest BCUT2D eigenvalue weighted by Gasteiger charge is 2.12. The normalized spacial score (nSPS) is 10.1. The second-order valence-electron chi connectivity index (χ2n) is 3.42. The van der Waals surface area contributed by atoms with Gasteiger partial charge in [-0.1, -0.05) is 24.3 Å². The summed E-state index contributed by atoms with van der Waals surface area (Å²) in [5.41, 5.74) is 2.14. The fourth-order valence-electron chi connectivity index (χ4n) is 1.62. The average Bonchev–Trinajstić information content (AvgIpc) is 2.76. The van der Waals surface area contributed by atoms with Crippen LogP contribution in [-0.2, 0) is 0 Å². The Labute approximate surface area is 97.5 Å². The van der Waals surface area contributed by atoms with Crippen LogP contribution in [-0.4, -0.2) is 12.1 Å². The number of benzene rings is 1. The minimum atomic E-state index is 0.0147. The Hall–Kier alpha value is -1.74. The van der Waals surface area contributed by atoms with Crippen LogP contribution in [0.4, 0.5) is 0 Å². The molecule has 0 N–H and O–H groups in total. The van der Waals surface area contributed by atoms with Gasteiger partial charge in [0, 0.05) is 21.6 Å². The lowest BCUT2D eigenvalue weighted by atomic mass is 10.0. The predicted molar refractivity (Wildman–Crippen MR) is 65.1 cm³/mol. The van der Waals surface area contributed by atoms with E-state index in [-0.39, 0.29) is 5.78 Å². The second-order valence-corrected chi connectivity index (χ2v) is 4.34. The molecule has 2 rings (SSSR count). The van der Waals surface area contributed by atoms with E-state index >= 15 is 0 Å². The van der Waals surface area contributed by atoms with Crippen LogP contribution in [0.2, 0.25) is 0 Å². The van der Waals surface area contributed by atoms with E-state index in [0.29, 0.717) is 11.1 Å². The molecule has 2 aromatic rings. The fourth-order valence-corrected chi connectivity index (χ4v) is 2.53. The Morgan fingerprint density at radius 1 is 1.25 bits per heavy atom. The molecule has 0 aliphatic rings. The monoisotopic (exact) mass is 230 g/mol. The van der Waals surface area contributed by atoms with Crippen molar-refractivity contribution in [1.29, 1.82) is 0 Å². The van der Waals surface area contributed by atoms with Crippen LogP contribution in [0.25, 0.3) is 10.4 Å².